The van der Waals surface area contributed by atoms with Crippen LogP contribution in [0.5, 0.6) is 0 Å². The summed E-state index contributed by atoms with van der Waals surface area (Å²) in [6.07, 6.45) is 0.545. The van der Waals surface area contributed by atoms with Gasteiger partial charge >= 0.3 is 0 Å². The van der Waals surface area contributed by atoms with Gasteiger partial charge in [0.15, 0.2) is 0 Å². The minimum Gasteiger partial charge on any atom is -0.382 e. The lowest BCUT2D eigenvalue weighted by Crippen LogP contribution is -2.53. The molecule has 8 heteroatoms. The molecule has 2 atom stereocenters. The first kappa shape index (κ1) is 19.6. The third kappa shape index (κ3) is 2.99. The van der Waals surface area contributed by atoms with Crippen LogP contribution in [0.4, 0.5) is 11.5 Å². The smallest absolute Gasteiger partial charge is 0.255 e. The number of fused-ring (bicyclic) bond motifs is 1. The maximum atomic E-state index is 13.0. The van der Waals surface area contributed by atoms with Crippen molar-refractivity contribution < 1.29 is 14.4 Å². The zero-order valence-electron chi connectivity index (χ0n) is 16.9. The Morgan fingerprint density at radius 2 is 2.03 bits per heavy atom. The van der Waals surface area contributed by atoms with Gasteiger partial charge in [-0.25, -0.2) is 9.83 Å². The van der Waals surface area contributed by atoms with Crippen molar-refractivity contribution in [1.82, 2.24) is 15.2 Å². The summed E-state index contributed by atoms with van der Waals surface area (Å²) in [6.45, 7) is 11.1. The van der Waals surface area contributed by atoms with Crippen molar-refractivity contribution in [3.05, 3.63) is 52.4 Å². The Bertz CT molecular complexity index is 1130. The number of aryl methyl sites for hydroxylation is 1. The first-order chi connectivity index (χ1) is 14.3. The molecule has 1 fully saturated rings. The van der Waals surface area contributed by atoms with Crippen LogP contribution >= 0.6 is 0 Å². The quantitative estimate of drug-likeness (QED) is 0.607. The van der Waals surface area contributed by atoms with Crippen molar-refractivity contribution in [1.29, 1.82) is 0 Å². The van der Waals surface area contributed by atoms with E-state index >= 15 is 0 Å². The summed E-state index contributed by atoms with van der Waals surface area (Å²) in [5.41, 5.74) is 4.20. The van der Waals surface area contributed by atoms with E-state index in [1.807, 2.05) is 32.0 Å². The molecule has 0 bridgehead atoms. The maximum Gasteiger partial charge on any atom is 0.255 e. The van der Waals surface area contributed by atoms with Crippen LogP contribution in [0.2, 0.25) is 0 Å². The number of aromatic nitrogens is 1. The monoisotopic (exact) mass is 403 g/mol. The van der Waals surface area contributed by atoms with Gasteiger partial charge in [0.1, 0.15) is 11.9 Å². The van der Waals surface area contributed by atoms with Gasteiger partial charge in [-0.05, 0) is 49.6 Å². The van der Waals surface area contributed by atoms with E-state index in [4.69, 9.17) is 6.57 Å². The molecule has 2 aliphatic heterocycles. The number of anilines is 1. The third-order valence-corrected chi connectivity index (χ3v) is 5.76. The van der Waals surface area contributed by atoms with E-state index < -0.39 is 11.9 Å². The van der Waals surface area contributed by atoms with E-state index in [1.54, 1.807) is 18.0 Å². The van der Waals surface area contributed by atoms with Gasteiger partial charge in [-0.1, -0.05) is 6.07 Å². The normalized spacial score (nSPS) is 20.6. The Morgan fingerprint density at radius 3 is 2.70 bits per heavy atom. The standard InChI is InChI=1S/C22H21N5O3/c1-11-9-16(25-20(24-4)19(11)23-3)13-5-6-14-15(10-13)12(2)27(22(14)30)17-7-8-18(28)26-21(17)29/h5-6,9-10,12,17H,7-8H2,1-2,4H3,(H,24,25)(H,26,28,29)/t12-,17?/m0/s1. The second-order valence-electron chi connectivity index (χ2n) is 7.54. The molecule has 2 N–H and O–H groups in total. The molecule has 3 heterocycles. The molecule has 8 nitrogen and oxygen atoms in total. The van der Waals surface area contributed by atoms with Crippen molar-refractivity contribution in [2.75, 3.05) is 12.4 Å². The van der Waals surface area contributed by atoms with Gasteiger partial charge in [-0.15, -0.1) is 0 Å². The van der Waals surface area contributed by atoms with Gasteiger partial charge in [0, 0.05) is 24.6 Å². The van der Waals surface area contributed by atoms with Crippen LogP contribution in [-0.2, 0) is 9.59 Å². The molecule has 30 heavy (non-hydrogen) atoms. The minimum absolute atomic E-state index is 0.207. The van der Waals surface area contributed by atoms with E-state index in [2.05, 4.69) is 20.5 Å². The Balaban J connectivity index is 1.72. The van der Waals surface area contributed by atoms with Crippen LogP contribution in [0.25, 0.3) is 16.1 Å². The van der Waals surface area contributed by atoms with E-state index in [-0.39, 0.29) is 24.3 Å². The molecule has 1 aromatic heterocycles. The number of amides is 3. The molecule has 0 spiro atoms. The van der Waals surface area contributed by atoms with Crippen LogP contribution in [0.3, 0.4) is 0 Å². The number of carbonyl (C=O) groups excluding carboxylic acids is 3. The van der Waals surface area contributed by atoms with E-state index in [9.17, 15) is 14.4 Å². The molecule has 2 aliphatic rings. The number of hydrogen-bond donors (Lipinski definition) is 2. The Hall–Kier alpha value is -3.73. The molecule has 4 rings (SSSR count). The van der Waals surface area contributed by atoms with E-state index in [0.29, 0.717) is 29.2 Å². The predicted octanol–water partition coefficient (Wildman–Crippen LogP) is 2.97. The number of piperidine rings is 1. The average Bonchev–Trinajstić information content (AvgIpc) is 2.97. The van der Waals surface area contributed by atoms with Crippen molar-refractivity contribution in [2.45, 2.75) is 38.8 Å². The van der Waals surface area contributed by atoms with Crippen LogP contribution < -0.4 is 10.6 Å². The highest BCUT2D eigenvalue weighted by Gasteiger charge is 2.43. The van der Waals surface area contributed by atoms with Crippen molar-refractivity contribution in [2.24, 2.45) is 0 Å². The molecule has 0 saturated carbocycles. The molecular weight excluding hydrogens is 382 g/mol. The number of benzene rings is 1. The molecule has 1 saturated heterocycles. The molecule has 0 aliphatic carbocycles. The SMILES string of the molecule is [C-]#[N+]c1c(C)cc(-c2ccc3c(c2)[C@H](C)N(C2CCC(=O)NC2=O)C3=O)nc1NC. The number of imide groups is 1. The number of nitrogens with zero attached hydrogens (tertiary/aromatic N) is 3. The second-order valence-corrected chi connectivity index (χ2v) is 7.54. The zero-order valence-corrected chi connectivity index (χ0v) is 16.9. The summed E-state index contributed by atoms with van der Waals surface area (Å²) in [7, 11) is 1.72. The number of nitrogens with one attached hydrogen (secondary N) is 2. The molecule has 0 radical (unpaired) electrons. The zero-order chi connectivity index (χ0) is 21.6. The Morgan fingerprint density at radius 1 is 1.27 bits per heavy atom. The minimum atomic E-state index is -0.657. The fourth-order valence-corrected chi connectivity index (χ4v) is 4.22. The summed E-state index contributed by atoms with van der Waals surface area (Å²) < 4.78 is 0. The summed E-state index contributed by atoms with van der Waals surface area (Å²) in [4.78, 5) is 46.5. The second kappa shape index (κ2) is 7.26. The number of hydrogen-bond acceptors (Lipinski definition) is 5. The van der Waals surface area contributed by atoms with Gasteiger partial charge in [0.2, 0.25) is 17.5 Å². The summed E-state index contributed by atoms with van der Waals surface area (Å²) >= 11 is 0. The van der Waals surface area contributed by atoms with Crippen LogP contribution in [0.15, 0.2) is 24.3 Å². The summed E-state index contributed by atoms with van der Waals surface area (Å²) in [6, 6.07) is 6.40. The summed E-state index contributed by atoms with van der Waals surface area (Å²) in [5.74, 6) is -0.429. The molecule has 2 aromatic rings. The number of carbonyl (C=O) groups is 3. The fourth-order valence-electron chi connectivity index (χ4n) is 4.22. The van der Waals surface area contributed by atoms with Gasteiger partial charge in [0.25, 0.3) is 5.91 Å². The van der Waals surface area contributed by atoms with Crippen molar-refractivity contribution in [3.8, 4) is 11.3 Å². The maximum absolute atomic E-state index is 13.0. The molecule has 1 aromatic carbocycles. The number of pyridine rings is 1. The summed E-state index contributed by atoms with van der Waals surface area (Å²) in [5, 5.41) is 5.29. The molecule has 152 valence electrons. The Labute approximate surface area is 174 Å². The van der Waals surface area contributed by atoms with Crippen molar-refractivity contribution >= 4 is 29.2 Å². The third-order valence-electron chi connectivity index (χ3n) is 5.76. The van der Waals surface area contributed by atoms with Gasteiger partial charge < -0.3 is 10.2 Å². The molecular formula is C22H21N5O3. The van der Waals surface area contributed by atoms with Gasteiger partial charge in [0.05, 0.1) is 18.3 Å². The fraction of sp³-hybridized carbons (Fsp3) is 0.318. The first-order valence-electron chi connectivity index (χ1n) is 9.73. The van der Waals surface area contributed by atoms with Crippen LogP contribution in [0.1, 0.15) is 47.3 Å². The Kier molecular flexibility index (Phi) is 4.74. The largest absolute Gasteiger partial charge is 0.382 e. The lowest BCUT2D eigenvalue weighted by Gasteiger charge is -2.32. The number of rotatable bonds is 3. The van der Waals surface area contributed by atoms with Crippen molar-refractivity contribution in [3.63, 3.8) is 0 Å². The van der Waals surface area contributed by atoms with E-state index in [1.165, 1.54) is 0 Å². The lowest BCUT2D eigenvalue weighted by molar-refractivity contribution is -0.137. The highest BCUT2D eigenvalue weighted by atomic mass is 16.2. The molecule has 3 amide bonds. The average molecular weight is 403 g/mol. The van der Waals surface area contributed by atoms with E-state index in [0.717, 1.165) is 16.7 Å². The van der Waals surface area contributed by atoms with Crippen LogP contribution in [0, 0.1) is 13.5 Å². The van der Waals surface area contributed by atoms with Crippen LogP contribution in [-0.4, -0.2) is 40.7 Å². The topological polar surface area (TPSA) is 95.8 Å². The highest BCUT2D eigenvalue weighted by Crippen LogP contribution is 2.39. The first-order valence-corrected chi connectivity index (χ1v) is 9.73. The highest BCUT2D eigenvalue weighted by molar-refractivity contribution is 6.06. The lowest BCUT2D eigenvalue weighted by atomic mass is 9.99. The van der Waals surface area contributed by atoms with Gasteiger partial charge in [-0.3, -0.25) is 19.7 Å². The molecule has 1 unspecified atom stereocenters. The predicted molar refractivity (Wildman–Crippen MR) is 111 cm³/mol. The van der Waals surface area contributed by atoms with Gasteiger partial charge in [-0.2, -0.15) is 0 Å².